The number of thiophene rings is 1. The molecule has 0 bridgehead atoms. The third kappa shape index (κ3) is 5.63. The smallest absolute Gasteiger partial charge is 0.221 e. The second kappa shape index (κ2) is 9.66. The first kappa shape index (κ1) is 19.6. The third-order valence-corrected chi connectivity index (χ3v) is 4.92. The molecule has 0 aliphatic carbocycles. The van der Waals surface area contributed by atoms with E-state index in [-0.39, 0.29) is 5.24 Å². The van der Waals surface area contributed by atoms with E-state index >= 15 is 0 Å². The Morgan fingerprint density at radius 1 is 1.24 bits per heavy atom. The van der Waals surface area contributed by atoms with Crippen LogP contribution in [0.3, 0.4) is 0 Å². The number of methoxy groups -OCH3 is 1. The summed E-state index contributed by atoms with van der Waals surface area (Å²) < 4.78 is 6.45. The van der Waals surface area contributed by atoms with Crippen molar-refractivity contribution in [1.82, 2.24) is 0 Å². The van der Waals surface area contributed by atoms with Crippen LogP contribution in [-0.2, 0) is 11.3 Å². The van der Waals surface area contributed by atoms with Crippen molar-refractivity contribution in [1.29, 1.82) is 0 Å². The summed E-state index contributed by atoms with van der Waals surface area (Å²) in [6.07, 6.45) is 0.432. The standard InChI is InChI=1S/C16H14ClNOS.C3H5ClO/c1-19-15-6-5-11(9-13(15)17)10-18-14-3-2-4-16-12(14)7-8-20-16;1-2-3(4)5/h2-9,18H,10H2,1H3;2H2,1H3. The van der Waals surface area contributed by atoms with Crippen molar-refractivity contribution in [3.05, 3.63) is 58.4 Å². The van der Waals surface area contributed by atoms with Gasteiger partial charge in [-0.3, -0.25) is 4.79 Å². The van der Waals surface area contributed by atoms with Gasteiger partial charge in [0.2, 0.25) is 5.24 Å². The molecule has 0 aliphatic heterocycles. The molecule has 25 heavy (non-hydrogen) atoms. The number of fused-ring (bicyclic) bond motifs is 1. The number of hydrogen-bond acceptors (Lipinski definition) is 4. The van der Waals surface area contributed by atoms with Crippen LogP contribution >= 0.6 is 34.5 Å². The van der Waals surface area contributed by atoms with Gasteiger partial charge in [-0.2, -0.15) is 0 Å². The number of ether oxygens (including phenoxy) is 1. The zero-order valence-corrected chi connectivity index (χ0v) is 16.3. The normalized spacial score (nSPS) is 10.1. The predicted octanol–water partition coefficient (Wildman–Crippen LogP) is 6.34. The van der Waals surface area contributed by atoms with E-state index in [1.807, 2.05) is 18.2 Å². The summed E-state index contributed by atoms with van der Waals surface area (Å²) >= 11 is 12.7. The first-order chi connectivity index (χ1) is 12.0. The Balaban J connectivity index is 0.000000399. The number of anilines is 1. The van der Waals surface area contributed by atoms with Gasteiger partial charge in [-0.25, -0.2) is 0 Å². The van der Waals surface area contributed by atoms with E-state index in [1.54, 1.807) is 25.4 Å². The summed E-state index contributed by atoms with van der Waals surface area (Å²) in [7, 11) is 1.62. The molecule has 0 saturated carbocycles. The lowest BCUT2D eigenvalue weighted by Crippen LogP contribution is -1.99. The summed E-state index contributed by atoms with van der Waals surface area (Å²) in [5.74, 6) is 0.704. The van der Waals surface area contributed by atoms with Crippen molar-refractivity contribution >= 4 is 55.6 Å². The highest BCUT2D eigenvalue weighted by atomic mass is 35.5. The molecule has 0 amide bonds. The van der Waals surface area contributed by atoms with E-state index < -0.39 is 0 Å². The Bertz CT molecular complexity index is 848. The lowest BCUT2D eigenvalue weighted by Gasteiger charge is -2.09. The lowest BCUT2D eigenvalue weighted by molar-refractivity contribution is -0.111. The van der Waals surface area contributed by atoms with Crippen molar-refractivity contribution < 1.29 is 9.53 Å². The maximum absolute atomic E-state index is 9.58. The van der Waals surface area contributed by atoms with Gasteiger partial charge >= 0.3 is 0 Å². The Hall–Kier alpha value is -1.75. The van der Waals surface area contributed by atoms with Gasteiger partial charge in [0.25, 0.3) is 0 Å². The molecule has 0 aliphatic rings. The molecule has 1 N–H and O–H groups in total. The molecule has 3 rings (SSSR count). The van der Waals surface area contributed by atoms with E-state index in [0.29, 0.717) is 17.2 Å². The Morgan fingerprint density at radius 3 is 2.64 bits per heavy atom. The van der Waals surface area contributed by atoms with Crippen molar-refractivity contribution in [2.24, 2.45) is 0 Å². The fraction of sp³-hybridized carbons (Fsp3) is 0.211. The fourth-order valence-corrected chi connectivity index (χ4v) is 3.26. The molecule has 132 valence electrons. The number of rotatable bonds is 5. The molecule has 0 atom stereocenters. The highest BCUT2D eigenvalue weighted by Crippen LogP contribution is 2.29. The van der Waals surface area contributed by atoms with Gasteiger partial charge in [0.05, 0.1) is 12.1 Å². The molecule has 0 spiro atoms. The van der Waals surface area contributed by atoms with Gasteiger partial charge in [-0.05, 0) is 52.9 Å². The van der Waals surface area contributed by atoms with Gasteiger partial charge in [0.1, 0.15) is 5.75 Å². The zero-order valence-electron chi connectivity index (χ0n) is 14.0. The Morgan fingerprint density at radius 2 is 2.00 bits per heavy atom. The predicted molar refractivity (Wildman–Crippen MR) is 108 cm³/mol. The second-order valence-electron chi connectivity index (χ2n) is 5.17. The molecule has 2 aromatic carbocycles. The Labute approximate surface area is 161 Å². The largest absolute Gasteiger partial charge is 0.495 e. The SMILES string of the molecule is CCC(=O)Cl.COc1ccc(CNc2cccc3sccc23)cc1Cl. The first-order valence-electron chi connectivity index (χ1n) is 7.76. The summed E-state index contributed by atoms with van der Waals surface area (Å²) in [5.41, 5.74) is 2.28. The maximum atomic E-state index is 9.58. The monoisotopic (exact) mass is 395 g/mol. The molecular formula is C19H19Cl2NO2S. The van der Waals surface area contributed by atoms with Gasteiger partial charge in [0, 0.05) is 28.7 Å². The molecule has 3 aromatic rings. The summed E-state index contributed by atoms with van der Waals surface area (Å²) in [6, 6.07) is 14.3. The van der Waals surface area contributed by atoms with Crippen molar-refractivity contribution in [3.8, 4) is 5.75 Å². The summed E-state index contributed by atoms with van der Waals surface area (Å²) in [6.45, 7) is 2.45. The van der Waals surface area contributed by atoms with Crippen LogP contribution in [0.15, 0.2) is 47.8 Å². The minimum atomic E-state index is -0.273. The van der Waals surface area contributed by atoms with E-state index in [1.165, 1.54) is 10.1 Å². The molecule has 0 fully saturated rings. The van der Waals surface area contributed by atoms with Gasteiger partial charge in [0.15, 0.2) is 0 Å². The number of hydrogen-bond donors (Lipinski definition) is 1. The van der Waals surface area contributed by atoms with Crippen molar-refractivity contribution in [3.63, 3.8) is 0 Å². The van der Waals surface area contributed by atoms with E-state index in [9.17, 15) is 4.79 Å². The summed E-state index contributed by atoms with van der Waals surface area (Å²) in [4.78, 5) is 9.58. The molecule has 6 heteroatoms. The Kier molecular flexibility index (Phi) is 7.56. The van der Waals surface area contributed by atoms with Crippen molar-refractivity contribution in [2.45, 2.75) is 19.9 Å². The van der Waals surface area contributed by atoms with Crippen LogP contribution in [0.2, 0.25) is 5.02 Å². The van der Waals surface area contributed by atoms with E-state index in [0.717, 1.165) is 17.8 Å². The van der Waals surface area contributed by atoms with Crippen LogP contribution < -0.4 is 10.1 Å². The molecule has 1 heterocycles. The van der Waals surface area contributed by atoms with Gasteiger partial charge < -0.3 is 10.1 Å². The van der Waals surface area contributed by atoms with Crippen LogP contribution in [0.1, 0.15) is 18.9 Å². The van der Waals surface area contributed by atoms with Crippen LogP contribution in [0, 0.1) is 0 Å². The topological polar surface area (TPSA) is 38.3 Å². The molecule has 3 nitrogen and oxygen atoms in total. The molecule has 0 saturated heterocycles. The molecule has 1 aromatic heterocycles. The number of carbonyl (C=O) groups excluding carboxylic acids is 1. The molecule has 0 unspecified atom stereocenters. The second-order valence-corrected chi connectivity index (χ2v) is 6.95. The average molecular weight is 396 g/mol. The van der Waals surface area contributed by atoms with Gasteiger partial charge in [-0.1, -0.05) is 30.7 Å². The quantitative estimate of drug-likeness (QED) is 0.512. The van der Waals surface area contributed by atoms with Crippen molar-refractivity contribution in [2.75, 3.05) is 12.4 Å². The number of carbonyl (C=O) groups is 1. The van der Waals surface area contributed by atoms with E-state index in [4.69, 9.17) is 27.9 Å². The van der Waals surface area contributed by atoms with Crippen LogP contribution in [0.5, 0.6) is 5.75 Å². The molecular weight excluding hydrogens is 377 g/mol. The number of nitrogens with one attached hydrogen (secondary N) is 1. The highest BCUT2D eigenvalue weighted by Gasteiger charge is 2.04. The minimum absolute atomic E-state index is 0.273. The van der Waals surface area contributed by atoms with E-state index in [2.05, 4.69) is 35.0 Å². The first-order valence-corrected chi connectivity index (χ1v) is 9.39. The zero-order chi connectivity index (χ0) is 18.2. The van der Waals surface area contributed by atoms with Crippen LogP contribution in [0.25, 0.3) is 10.1 Å². The lowest BCUT2D eigenvalue weighted by atomic mass is 10.2. The number of benzene rings is 2. The highest BCUT2D eigenvalue weighted by molar-refractivity contribution is 7.17. The van der Waals surface area contributed by atoms with Crippen LogP contribution in [-0.4, -0.2) is 12.4 Å². The maximum Gasteiger partial charge on any atom is 0.221 e. The van der Waals surface area contributed by atoms with Gasteiger partial charge in [-0.15, -0.1) is 11.3 Å². The fourth-order valence-electron chi connectivity index (χ4n) is 2.17. The van der Waals surface area contributed by atoms with Crippen LogP contribution in [0.4, 0.5) is 5.69 Å². The summed E-state index contributed by atoms with van der Waals surface area (Å²) in [5, 5.41) is 7.20. The number of halogens is 2. The minimum Gasteiger partial charge on any atom is -0.495 e. The third-order valence-electron chi connectivity index (χ3n) is 3.47. The molecule has 0 radical (unpaired) electrons. The average Bonchev–Trinajstić information content (AvgIpc) is 3.10.